The second kappa shape index (κ2) is 13.6. The Hall–Kier alpha value is -4.17. The molecule has 3 aromatic rings. The molecule has 0 radical (unpaired) electrons. The zero-order valence-electron chi connectivity index (χ0n) is 22.6. The molecule has 3 amide bonds. The van der Waals surface area contributed by atoms with Crippen LogP contribution in [0.15, 0.2) is 78.9 Å². The summed E-state index contributed by atoms with van der Waals surface area (Å²) in [6.45, 7) is 4.90. The smallest absolute Gasteiger partial charge is 0.411 e. The fourth-order valence-electron chi connectivity index (χ4n) is 4.61. The summed E-state index contributed by atoms with van der Waals surface area (Å²) in [5, 5.41) is 5.67. The summed E-state index contributed by atoms with van der Waals surface area (Å²) in [5.74, 6) is -0.120. The first-order valence-corrected chi connectivity index (χ1v) is 13.3. The van der Waals surface area contributed by atoms with Crippen molar-refractivity contribution < 1.29 is 19.1 Å². The Kier molecular flexibility index (Phi) is 9.69. The summed E-state index contributed by atoms with van der Waals surface area (Å²) in [7, 11) is 1.81. The third-order valence-electron chi connectivity index (χ3n) is 6.90. The van der Waals surface area contributed by atoms with E-state index in [9.17, 15) is 14.4 Å². The zero-order chi connectivity index (χ0) is 27.6. The van der Waals surface area contributed by atoms with Crippen molar-refractivity contribution in [2.45, 2.75) is 32.4 Å². The van der Waals surface area contributed by atoms with E-state index in [1.54, 1.807) is 24.1 Å². The van der Waals surface area contributed by atoms with Gasteiger partial charge in [0.05, 0.1) is 5.69 Å². The van der Waals surface area contributed by atoms with Crippen molar-refractivity contribution in [2.75, 3.05) is 38.5 Å². The molecule has 8 nitrogen and oxygen atoms in total. The van der Waals surface area contributed by atoms with Crippen LogP contribution >= 0.6 is 0 Å². The number of nitrogens with zero attached hydrogens (tertiary/aromatic N) is 2. The fourth-order valence-corrected chi connectivity index (χ4v) is 4.61. The van der Waals surface area contributed by atoms with E-state index in [2.05, 4.69) is 15.5 Å². The number of para-hydroxylation sites is 1. The molecule has 1 heterocycles. The average Bonchev–Trinajstić information content (AvgIpc) is 2.96. The molecule has 1 aliphatic rings. The fraction of sp³-hybridized carbons (Fsp3) is 0.323. The lowest BCUT2D eigenvalue weighted by molar-refractivity contribution is -0.119. The Morgan fingerprint density at radius 2 is 1.59 bits per heavy atom. The number of amides is 3. The summed E-state index contributed by atoms with van der Waals surface area (Å²) >= 11 is 0. The predicted molar refractivity (Wildman–Crippen MR) is 152 cm³/mol. The number of ether oxygens (including phenoxy) is 1. The second-order valence-electron chi connectivity index (χ2n) is 9.82. The summed E-state index contributed by atoms with van der Waals surface area (Å²) in [4.78, 5) is 40.5. The molecule has 0 aliphatic carbocycles. The molecule has 39 heavy (non-hydrogen) atoms. The van der Waals surface area contributed by atoms with E-state index in [-0.39, 0.29) is 17.9 Å². The van der Waals surface area contributed by atoms with Gasteiger partial charge in [-0.15, -0.1) is 0 Å². The molecule has 0 spiro atoms. The van der Waals surface area contributed by atoms with Crippen LogP contribution in [0.4, 0.5) is 10.5 Å². The maximum absolute atomic E-state index is 12.8. The van der Waals surface area contributed by atoms with Crippen molar-refractivity contribution in [3.63, 3.8) is 0 Å². The highest BCUT2D eigenvalue weighted by Gasteiger charge is 2.23. The van der Waals surface area contributed by atoms with Gasteiger partial charge in [-0.25, -0.2) is 4.79 Å². The Balaban J connectivity index is 1.19. The average molecular weight is 529 g/mol. The maximum atomic E-state index is 12.8. The van der Waals surface area contributed by atoms with Gasteiger partial charge in [-0.3, -0.25) is 14.9 Å². The Morgan fingerprint density at radius 3 is 2.28 bits per heavy atom. The summed E-state index contributed by atoms with van der Waals surface area (Å²) in [6.07, 6.45) is 0.924. The minimum Gasteiger partial charge on any atom is -0.446 e. The first kappa shape index (κ1) is 27.9. The van der Waals surface area contributed by atoms with E-state index in [1.165, 1.54) is 6.92 Å². The normalized spacial score (nSPS) is 13.9. The molecule has 0 saturated carbocycles. The van der Waals surface area contributed by atoms with Crippen LogP contribution in [0.25, 0.3) is 11.1 Å². The van der Waals surface area contributed by atoms with Gasteiger partial charge in [-0.05, 0) is 42.2 Å². The molecule has 1 saturated heterocycles. The lowest BCUT2D eigenvalue weighted by Crippen LogP contribution is -2.42. The molecule has 0 aromatic heterocycles. The quantitative estimate of drug-likeness (QED) is 0.417. The van der Waals surface area contributed by atoms with Gasteiger partial charge in [0.25, 0.3) is 5.91 Å². The number of carbonyl (C=O) groups is 3. The molecular formula is C31H36N4O4. The van der Waals surface area contributed by atoms with Gasteiger partial charge in [-0.2, -0.15) is 0 Å². The van der Waals surface area contributed by atoms with E-state index in [0.29, 0.717) is 18.7 Å². The highest BCUT2D eigenvalue weighted by atomic mass is 16.6. The highest BCUT2D eigenvalue weighted by Crippen LogP contribution is 2.28. The van der Waals surface area contributed by atoms with Gasteiger partial charge in [0.2, 0.25) is 5.91 Å². The van der Waals surface area contributed by atoms with Crippen molar-refractivity contribution in [1.82, 2.24) is 15.1 Å². The lowest BCUT2D eigenvalue weighted by Gasteiger charge is -2.32. The number of likely N-dealkylation sites (tertiary alicyclic amines) is 1. The number of hydrogen-bond acceptors (Lipinski definition) is 5. The van der Waals surface area contributed by atoms with Gasteiger partial charge >= 0.3 is 6.09 Å². The van der Waals surface area contributed by atoms with Crippen molar-refractivity contribution >= 4 is 23.6 Å². The molecule has 8 heteroatoms. The van der Waals surface area contributed by atoms with Gasteiger partial charge in [0.15, 0.2) is 0 Å². The topological polar surface area (TPSA) is 91.0 Å². The first-order valence-electron chi connectivity index (χ1n) is 13.3. The number of carbonyl (C=O) groups excluding carboxylic acids is 3. The van der Waals surface area contributed by atoms with E-state index in [1.807, 2.05) is 66.7 Å². The minimum atomic E-state index is -0.440. The van der Waals surface area contributed by atoms with Crippen molar-refractivity contribution in [3.8, 4) is 11.1 Å². The molecule has 3 aromatic carbocycles. The SMILES string of the molecule is CC(=O)NCc1ccc(C(=O)N(C)CCN2CCC(OC(=O)Nc3ccccc3-c3ccccc3)CC2)cc1. The van der Waals surface area contributed by atoms with Crippen LogP contribution in [0.1, 0.15) is 35.7 Å². The number of piperidine rings is 1. The number of nitrogens with one attached hydrogen (secondary N) is 2. The monoisotopic (exact) mass is 528 g/mol. The largest absolute Gasteiger partial charge is 0.446 e. The first-order chi connectivity index (χ1) is 18.9. The number of benzene rings is 3. The summed E-state index contributed by atoms with van der Waals surface area (Å²) in [5.41, 5.74) is 4.27. The van der Waals surface area contributed by atoms with E-state index < -0.39 is 6.09 Å². The maximum Gasteiger partial charge on any atom is 0.411 e. The molecule has 2 N–H and O–H groups in total. The zero-order valence-corrected chi connectivity index (χ0v) is 22.6. The highest BCUT2D eigenvalue weighted by molar-refractivity contribution is 5.94. The third kappa shape index (κ3) is 8.15. The van der Waals surface area contributed by atoms with Crippen LogP contribution < -0.4 is 10.6 Å². The third-order valence-corrected chi connectivity index (χ3v) is 6.90. The van der Waals surface area contributed by atoms with Gasteiger partial charge in [-0.1, -0.05) is 60.7 Å². The van der Waals surface area contributed by atoms with E-state index in [0.717, 1.165) is 54.9 Å². The summed E-state index contributed by atoms with van der Waals surface area (Å²) < 4.78 is 5.73. The van der Waals surface area contributed by atoms with Crippen molar-refractivity contribution in [2.24, 2.45) is 0 Å². The predicted octanol–water partition coefficient (Wildman–Crippen LogP) is 4.77. The van der Waals surface area contributed by atoms with Gasteiger partial charge in [0, 0.05) is 57.8 Å². The molecule has 0 unspecified atom stereocenters. The standard InChI is InChI=1S/C31H36N4O4/c1-23(36)32-22-24-12-14-26(15-13-24)30(37)34(2)20-21-35-18-16-27(17-19-35)39-31(38)33-29-11-7-6-10-28(29)25-8-4-3-5-9-25/h3-15,27H,16-22H2,1-2H3,(H,32,36)(H,33,38). The minimum absolute atomic E-state index is 0.0354. The number of rotatable bonds is 9. The van der Waals surface area contributed by atoms with Crippen LogP contribution in [0, 0.1) is 0 Å². The number of likely N-dealkylation sites (N-methyl/N-ethyl adjacent to an activating group) is 1. The molecule has 204 valence electrons. The molecular weight excluding hydrogens is 492 g/mol. The van der Waals surface area contributed by atoms with Crippen LogP contribution in [0.5, 0.6) is 0 Å². The van der Waals surface area contributed by atoms with Crippen LogP contribution in [-0.4, -0.2) is 67.0 Å². The molecule has 0 atom stereocenters. The Labute approximate surface area is 230 Å². The van der Waals surface area contributed by atoms with Crippen molar-refractivity contribution in [3.05, 3.63) is 90.0 Å². The Bertz CT molecular complexity index is 1260. The van der Waals surface area contributed by atoms with Gasteiger partial charge in [0.1, 0.15) is 6.10 Å². The van der Waals surface area contributed by atoms with Crippen LogP contribution in [-0.2, 0) is 16.1 Å². The van der Waals surface area contributed by atoms with Crippen LogP contribution in [0.3, 0.4) is 0 Å². The van der Waals surface area contributed by atoms with E-state index in [4.69, 9.17) is 4.74 Å². The second-order valence-corrected chi connectivity index (χ2v) is 9.82. The molecule has 4 rings (SSSR count). The molecule has 0 bridgehead atoms. The number of hydrogen-bond donors (Lipinski definition) is 2. The number of anilines is 1. The molecule has 1 aliphatic heterocycles. The van der Waals surface area contributed by atoms with Gasteiger partial charge < -0.3 is 19.9 Å². The lowest BCUT2D eigenvalue weighted by atomic mass is 10.0. The Morgan fingerprint density at radius 1 is 0.923 bits per heavy atom. The summed E-state index contributed by atoms with van der Waals surface area (Å²) in [6, 6.07) is 24.9. The van der Waals surface area contributed by atoms with Crippen LogP contribution in [0.2, 0.25) is 0 Å². The van der Waals surface area contributed by atoms with E-state index >= 15 is 0 Å². The molecule has 1 fully saturated rings. The van der Waals surface area contributed by atoms with Crippen molar-refractivity contribution in [1.29, 1.82) is 0 Å².